The zero-order chi connectivity index (χ0) is 16.1. The fourth-order valence-corrected chi connectivity index (χ4v) is 3.04. The van der Waals surface area contributed by atoms with Crippen LogP contribution in [0.15, 0.2) is 18.2 Å². The molecule has 0 N–H and O–H groups in total. The van der Waals surface area contributed by atoms with E-state index in [2.05, 4.69) is 10.4 Å². The molecule has 0 radical (unpaired) electrons. The fourth-order valence-electron chi connectivity index (χ4n) is 2.74. The van der Waals surface area contributed by atoms with E-state index in [1.54, 1.807) is 0 Å². The van der Waals surface area contributed by atoms with Crippen LogP contribution in [-0.2, 0) is 14.3 Å². The van der Waals surface area contributed by atoms with Crippen molar-refractivity contribution in [1.82, 2.24) is 19.8 Å². The number of ketones is 1. The number of hydrogen-bond acceptors (Lipinski definition) is 6. The van der Waals surface area contributed by atoms with Crippen LogP contribution in [-0.4, -0.2) is 44.6 Å². The third kappa shape index (κ3) is 2.30. The second-order valence-electron chi connectivity index (χ2n) is 5.29. The van der Waals surface area contributed by atoms with Crippen molar-refractivity contribution in [1.29, 1.82) is 0 Å². The molecule has 7 nitrogen and oxygen atoms in total. The van der Waals surface area contributed by atoms with Crippen LogP contribution >= 0.6 is 12.2 Å². The molecule has 2 aliphatic rings. The Bertz CT molecular complexity index is 852. The zero-order valence-corrected chi connectivity index (χ0v) is 12.4. The Morgan fingerprint density at radius 2 is 2.13 bits per heavy atom. The molecule has 1 aromatic carbocycles. The highest BCUT2D eigenvalue weighted by Gasteiger charge is 2.45. The molecule has 10 heteroatoms. The molecular formula is C13H10F2N4O3S. The first-order chi connectivity index (χ1) is 11.0. The summed E-state index contributed by atoms with van der Waals surface area (Å²) in [5.74, 6) is -1.72. The fraction of sp³-hybridized carbons (Fsp3) is 0.385. The predicted molar refractivity (Wildman–Crippen MR) is 73.4 cm³/mol. The number of tetrazole rings is 1. The number of Topliss-reactive ketones (excluding diaryl/α,β-unsaturated/α-hetero) is 1. The summed E-state index contributed by atoms with van der Waals surface area (Å²) in [6.07, 6.45) is -1.04. The topological polar surface area (TPSA) is 71.2 Å². The van der Waals surface area contributed by atoms with Crippen LogP contribution in [0.1, 0.15) is 12.5 Å². The number of halogens is 2. The molecule has 0 amide bonds. The van der Waals surface area contributed by atoms with Crippen LogP contribution in [0, 0.1) is 16.4 Å². The SMILES string of the molecule is O=C1C[C@H](n2nnn(-c3ccc(F)cc3F)c2=S)[C@H]2CO[C@H]1O2. The van der Waals surface area contributed by atoms with Gasteiger partial charge in [0.1, 0.15) is 17.6 Å². The Labute approximate surface area is 133 Å². The van der Waals surface area contributed by atoms with E-state index in [1.807, 2.05) is 0 Å². The second-order valence-corrected chi connectivity index (χ2v) is 5.66. The van der Waals surface area contributed by atoms with Gasteiger partial charge in [0.15, 0.2) is 11.6 Å². The maximum Gasteiger partial charge on any atom is 0.221 e. The average Bonchev–Trinajstić information content (AvgIpc) is 3.09. The highest BCUT2D eigenvalue weighted by molar-refractivity contribution is 7.71. The summed E-state index contributed by atoms with van der Waals surface area (Å²) < 4.78 is 40.1. The molecule has 0 saturated carbocycles. The van der Waals surface area contributed by atoms with Crippen molar-refractivity contribution >= 4 is 18.0 Å². The third-order valence-corrected chi connectivity index (χ3v) is 4.23. The van der Waals surface area contributed by atoms with Crippen LogP contribution in [0.3, 0.4) is 0 Å². The summed E-state index contributed by atoms with van der Waals surface area (Å²) in [5, 5.41) is 7.72. The van der Waals surface area contributed by atoms with E-state index in [4.69, 9.17) is 21.7 Å². The Kier molecular flexibility index (Phi) is 3.32. The summed E-state index contributed by atoms with van der Waals surface area (Å²) in [4.78, 5) is 11.9. The van der Waals surface area contributed by atoms with Crippen molar-refractivity contribution in [3.63, 3.8) is 0 Å². The van der Waals surface area contributed by atoms with Gasteiger partial charge in [0, 0.05) is 12.5 Å². The van der Waals surface area contributed by atoms with Gasteiger partial charge in [-0.1, -0.05) is 0 Å². The first kappa shape index (κ1) is 14.5. The number of carbonyl (C=O) groups is 1. The van der Waals surface area contributed by atoms with Crippen molar-refractivity contribution in [2.45, 2.75) is 24.9 Å². The van der Waals surface area contributed by atoms with Crippen molar-refractivity contribution in [2.24, 2.45) is 0 Å². The Morgan fingerprint density at radius 3 is 2.91 bits per heavy atom. The number of fused-ring (bicyclic) bond motifs is 2. The van der Waals surface area contributed by atoms with Gasteiger partial charge in [0.2, 0.25) is 11.1 Å². The number of ether oxygens (including phenoxy) is 2. The summed E-state index contributed by atoms with van der Waals surface area (Å²) in [6.45, 7) is 0.251. The quantitative estimate of drug-likeness (QED) is 0.768. The second kappa shape index (κ2) is 5.25. The van der Waals surface area contributed by atoms with Crippen LogP contribution in [0.4, 0.5) is 8.78 Å². The molecule has 1 aromatic heterocycles. The first-order valence-corrected chi connectivity index (χ1v) is 7.25. The lowest BCUT2D eigenvalue weighted by atomic mass is 10.0. The standard InChI is InChI=1S/C13H10F2N4O3S/c14-6-1-2-8(7(15)3-6)18-13(23)19(17-16-18)9-4-10(20)12-21-5-11(9)22-12/h1-3,9,11-12H,4-5H2/t9-,11+,12-/m0/s1. The molecule has 120 valence electrons. The summed E-state index contributed by atoms with van der Waals surface area (Å²) >= 11 is 5.27. The number of benzene rings is 1. The average molecular weight is 340 g/mol. The molecule has 2 aromatic rings. The minimum Gasteiger partial charge on any atom is -0.343 e. The van der Waals surface area contributed by atoms with Gasteiger partial charge < -0.3 is 9.47 Å². The van der Waals surface area contributed by atoms with Crippen LogP contribution in [0.2, 0.25) is 0 Å². The third-order valence-electron chi connectivity index (χ3n) is 3.87. The van der Waals surface area contributed by atoms with E-state index < -0.39 is 24.0 Å². The number of hydrogen-bond donors (Lipinski definition) is 0. The van der Waals surface area contributed by atoms with Gasteiger partial charge in [-0.3, -0.25) is 4.79 Å². The molecule has 2 aliphatic heterocycles. The Balaban J connectivity index is 1.74. The van der Waals surface area contributed by atoms with Gasteiger partial charge in [0.05, 0.1) is 12.6 Å². The lowest BCUT2D eigenvalue weighted by Gasteiger charge is -2.25. The zero-order valence-electron chi connectivity index (χ0n) is 11.6. The molecule has 0 unspecified atom stereocenters. The van der Waals surface area contributed by atoms with E-state index in [-0.39, 0.29) is 35.4 Å². The summed E-state index contributed by atoms with van der Waals surface area (Å²) in [5.41, 5.74) is -0.0220. The molecule has 23 heavy (non-hydrogen) atoms. The summed E-state index contributed by atoms with van der Waals surface area (Å²) in [6, 6.07) is 2.59. The van der Waals surface area contributed by atoms with E-state index in [0.29, 0.717) is 0 Å². The highest BCUT2D eigenvalue weighted by atomic mass is 32.1. The van der Waals surface area contributed by atoms with Gasteiger partial charge >= 0.3 is 0 Å². The predicted octanol–water partition coefficient (Wildman–Crippen LogP) is 1.33. The van der Waals surface area contributed by atoms with Gasteiger partial charge in [-0.05, 0) is 34.8 Å². The monoisotopic (exact) mass is 340 g/mol. The molecule has 3 heterocycles. The maximum atomic E-state index is 13.9. The molecule has 2 saturated heterocycles. The Hall–Kier alpha value is -2.04. The molecule has 0 spiro atoms. The minimum absolute atomic E-state index is 0.0220. The molecule has 2 bridgehead atoms. The van der Waals surface area contributed by atoms with E-state index >= 15 is 0 Å². The van der Waals surface area contributed by atoms with E-state index in [0.717, 1.165) is 16.8 Å². The molecule has 3 atom stereocenters. The van der Waals surface area contributed by atoms with Crippen LogP contribution < -0.4 is 0 Å². The van der Waals surface area contributed by atoms with Gasteiger partial charge in [-0.2, -0.15) is 4.68 Å². The van der Waals surface area contributed by atoms with E-state index in [9.17, 15) is 13.6 Å². The lowest BCUT2D eigenvalue weighted by Crippen LogP contribution is -2.37. The van der Waals surface area contributed by atoms with Crippen molar-refractivity contribution < 1.29 is 23.0 Å². The van der Waals surface area contributed by atoms with Gasteiger partial charge in [0.25, 0.3) is 0 Å². The van der Waals surface area contributed by atoms with Crippen molar-refractivity contribution in [3.05, 3.63) is 34.6 Å². The summed E-state index contributed by atoms with van der Waals surface area (Å²) in [7, 11) is 0. The molecule has 0 aliphatic carbocycles. The van der Waals surface area contributed by atoms with E-state index in [1.165, 1.54) is 10.7 Å². The minimum atomic E-state index is -0.824. The number of rotatable bonds is 2. The first-order valence-electron chi connectivity index (χ1n) is 6.84. The number of nitrogens with zero attached hydrogens (tertiary/aromatic N) is 4. The van der Waals surface area contributed by atoms with Crippen LogP contribution in [0.5, 0.6) is 0 Å². The molecular weight excluding hydrogens is 330 g/mol. The van der Waals surface area contributed by atoms with Gasteiger partial charge in [-0.25, -0.2) is 13.5 Å². The number of carbonyl (C=O) groups excluding carboxylic acids is 1. The molecule has 4 rings (SSSR count). The normalized spacial score (nSPS) is 26.7. The lowest BCUT2D eigenvalue weighted by molar-refractivity contribution is -0.156. The maximum absolute atomic E-state index is 13.9. The Morgan fingerprint density at radius 1 is 1.30 bits per heavy atom. The van der Waals surface area contributed by atoms with Gasteiger partial charge in [-0.15, -0.1) is 0 Å². The number of aromatic nitrogens is 4. The van der Waals surface area contributed by atoms with Crippen LogP contribution in [0.25, 0.3) is 5.69 Å². The largest absolute Gasteiger partial charge is 0.343 e. The smallest absolute Gasteiger partial charge is 0.221 e. The highest BCUT2D eigenvalue weighted by Crippen LogP contribution is 2.32. The van der Waals surface area contributed by atoms with Crippen molar-refractivity contribution in [2.75, 3.05) is 6.61 Å². The molecule has 2 fully saturated rings. The van der Waals surface area contributed by atoms with Crippen molar-refractivity contribution in [3.8, 4) is 5.69 Å².